The zero-order valence-corrected chi connectivity index (χ0v) is 7.99. The Labute approximate surface area is 82.3 Å². The first-order chi connectivity index (χ1) is 6.66. The van der Waals surface area contributed by atoms with E-state index in [2.05, 4.69) is 0 Å². The van der Waals surface area contributed by atoms with Crippen LogP contribution in [0.3, 0.4) is 0 Å². The second-order valence-electron chi connectivity index (χ2n) is 3.61. The van der Waals surface area contributed by atoms with Gasteiger partial charge in [-0.05, 0) is 18.1 Å². The first-order valence-electron chi connectivity index (χ1n) is 4.64. The molecule has 0 aliphatic carbocycles. The van der Waals surface area contributed by atoms with Gasteiger partial charge in [-0.1, -0.05) is 18.2 Å². The third kappa shape index (κ3) is 1.58. The summed E-state index contributed by atoms with van der Waals surface area (Å²) in [6, 6.07) is 5.94. The largest absolute Gasteiger partial charge is 0.489 e. The van der Waals surface area contributed by atoms with Crippen molar-refractivity contribution in [3.05, 3.63) is 29.3 Å². The van der Waals surface area contributed by atoms with Crippen LogP contribution in [0.2, 0.25) is 0 Å². The van der Waals surface area contributed by atoms with E-state index in [4.69, 9.17) is 9.84 Å². The Hall–Kier alpha value is -1.51. The minimum atomic E-state index is -0.805. The van der Waals surface area contributed by atoms with E-state index in [0.29, 0.717) is 6.42 Å². The number of rotatable bonds is 2. The highest BCUT2D eigenvalue weighted by molar-refractivity contribution is 5.67. The quantitative estimate of drug-likeness (QED) is 0.776. The topological polar surface area (TPSA) is 46.5 Å². The van der Waals surface area contributed by atoms with Crippen LogP contribution in [0.15, 0.2) is 18.2 Å². The monoisotopic (exact) mass is 192 g/mol. The summed E-state index contributed by atoms with van der Waals surface area (Å²) < 4.78 is 5.57. The van der Waals surface area contributed by atoms with Crippen molar-refractivity contribution in [2.75, 3.05) is 0 Å². The Kier molecular flexibility index (Phi) is 2.15. The molecule has 0 bridgehead atoms. The third-order valence-electron chi connectivity index (χ3n) is 2.43. The molecule has 0 aromatic heterocycles. The van der Waals surface area contributed by atoms with Crippen LogP contribution in [0.5, 0.6) is 5.75 Å². The van der Waals surface area contributed by atoms with Gasteiger partial charge in [-0.25, -0.2) is 0 Å². The van der Waals surface area contributed by atoms with Gasteiger partial charge in [0.2, 0.25) is 0 Å². The molecule has 1 unspecified atom stereocenters. The molecule has 3 nitrogen and oxygen atoms in total. The van der Waals surface area contributed by atoms with Crippen molar-refractivity contribution in [3.63, 3.8) is 0 Å². The van der Waals surface area contributed by atoms with E-state index in [1.54, 1.807) is 0 Å². The average molecular weight is 192 g/mol. The highest BCUT2D eigenvalue weighted by Gasteiger charge is 2.25. The van der Waals surface area contributed by atoms with Crippen LogP contribution in [0, 0.1) is 6.92 Å². The number of fused-ring (bicyclic) bond motifs is 1. The second-order valence-corrected chi connectivity index (χ2v) is 3.61. The van der Waals surface area contributed by atoms with E-state index in [-0.39, 0.29) is 12.5 Å². The number of carboxylic acid groups (broad SMARTS) is 1. The first kappa shape index (κ1) is 9.06. The summed E-state index contributed by atoms with van der Waals surface area (Å²) >= 11 is 0. The molecule has 0 amide bonds. The van der Waals surface area contributed by atoms with Crippen LogP contribution >= 0.6 is 0 Å². The lowest BCUT2D eigenvalue weighted by molar-refractivity contribution is -0.138. The number of aliphatic carboxylic acids is 1. The molecule has 0 fully saturated rings. The maximum absolute atomic E-state index is 10.5. The number of hydrogen-bond donors (Lipinski definition) is 1. The first-order valence-corrected chi connectivity index (χ1v) is 4.64. The van der Waals surface area contributed by atoms with Gasteiger partial charge >= 0.3 is 5.97 Å². The molecule has 3 heteroatoms. The van der Waals surface area contributed by atoms with Crippen molar-refractivity contribution in [2.24, 2.45) is 0 Å². The number of carbonyl (C=O) groups is 1. The van der Waals surface area contributed by atoms with Gasteiger partial charge in [0.25, 0.3) is 0 Å². The number of para-hydroxylation sites is 1. The van der Waals surface area contributed by atoms with Crippen molar-refractivity contribution >= 4 is 5.97 Å². The van der Waals surface area contributed by atoms with Gasteiger partial charge in [-0.3, -0.25) is 4.79 Å². The van der Waals surface area contributed by atoms with Crippen molar-refractivity contribution in [1.29, 1.82) is 0 Å². The summed E-state index contributed by atoms with van der Waals surface area (Å²) in [5.41, 5.74) is 2.20. The Morgan fingerprint density at radius 2 is 2.43 bits per heavy atom. The van der Waals surface area contributed by atoms with Crippen LogP contribution in [-0.2, 0) is 11.2 Å². The zero-order valence-electron chi connectivity index (χ0n) is 7.99. The average Bonchev–Trinajstić information content (AvgIpc) is 2.47. The van der Waals surface area contributed by atoms with Crippen molar-refractivity contribution < 1.29 is 14.6 Å². The van der Waals surface area contributed by atoms with Gasteiger partial charge in [0.05, 0.1) is 6.42 Å². The third-order valence-corrected chi connectivity index (χ3v) is 2.43. The van der Waals surface area contributed by atoms with Gasteiger partial charge in [0.15, 0.2) is 0 Å². The van der Waals surface area contributed by atoms with Crippen LogP contribution in [0.25, 0.3) is 0 Å². The predicted octanol–water partition coefficient (Wildman–Crippen LogP) is 1.77. The van der Waals surface area contributed by atoms with E-state index >= 15 is 0 Å². The molecule has 1 atom stereocenters. The molecule has 14 heavy (non-hydrogen) atoms. The molecule has 74 valence electrons. The summed E-state index contributed by atoms with van der Waals surface area (Å²) in [5, 5.41) is 8.64. The Morgan fingerprint density at radius 3 is 3.07 bits per heavy atom. The molecule has 1 N–H and O–H groups in total. The van der Waals surface area contributed by atoms with Gasteiger partial charge in [-0.15, -0.1) is 0 Å². The van der Waals surface area contributed by atoms with Crippen molar-refractivity contribution in [1.82, 2.24) is 0 Å². The zero-order chi connectivity index (χ0) is 10.1. The minimum Gasteiger partial charge on any atom is -0.489 e. The van der Waals surface area contributed by atoms with Gasteiger partial charge in [0.1, 0.15) is 11.9 Å². The summed E-state index contributed by atoms with van der Waals surface area (Å²) in [7, 11) is 0. The summed E-state index contributed by atoms with van der Waals surface area (Å²) in [6.45, 7) is 1.97. The molecule has 0 radical (unpaired) electrons. The lowest BCUT2D eigenvalue weighted by Gasteiger charge is -2.08. The van der Waals surface area contributed by atoms with Gasteiger partial charge in [-0.2, -0.15) is 0 Å². The normalized spacial score (nSPS) is 18.8. The smallest absolute Gasteiger partial charge is 0.307 e. The molecule has 1 heterocycles. The molecule has 1 aromatic rings. The highest BCUT2D eigenvalue weighted by Crippen LogP contribution is 2.32. The van der Waals surface area contributed by atoms with Gasteiger partial charge < -0.3 is 9.84 Å². The van der Waals surface area contributed by atoms with Crippen LogP contribution in [0.1, 0.15) is 17.5 Å². The van der Waals surface area contributed by atoms with Gasteiger partial charge in [0, 0.05) is 6.42 Å². The Balaban J connectivity index is 2.18. The maximum Gasteiger partial charge on any atom is 0.307 e. The van der Waals surface area contributed by atoms with E-state index in [1.807, 2.05) is 25.1 Å². The predicted molar refractivity (Wildman–Crippen MR) is 51.6 cm³/mol. The molecular weight excluding hydrogens is 180 g/mol. The standard InChI is InChI=1S/C11H12O3/c1-7-3-2-4-8-5-9(6-10(12)13)14-11(7)8/h2-4,9H,5-6H2,1H3,(H,12,13). The number of aryl methyl sites for hydroxylation is 1. The minimum absolute atomic E-state index is 0.0775. The fourth-order valence-corrected chi connectivity index (χ4v) is 1.80. The highest BCUT2D eigenvalue weighted by atomic mass is 16.5. The SMILES string of the molecule is Cc1cccc2c1OC(CC(=O)O)C2. The fourth-order valence-electron chi connectivity index (χ4n) is 1.80. The lowest BCUT2D eigenvalue weighted by Crippen LogP contribution is -2.17. The van der Waals surface area contributed by atoms with Crippen molar-refractivity contribution in [3.8, 4) is 5.75 Å². The molecule has 2 rings (SSSR count). The van der Waals surface area contributed by atoms with Crippen LogP contribution < -0.4 is 4.74 Å². The summed E-state index contributed by atoms with van der Waals surface area (Å²) in [4.78, 5) is 10.5. The number of hydrogen-bond acceptors (Lipinski definition) is 2. The van der Waals surface area contributed by atoms with Crippen molar-refractivity contribution in [2.45, 2.75) is 25.9 Å². The summed E-state index contributed by atoms with van der Waals surface area (Å²) in [5.74, 6) is 0.0687. The second kappa shape index (κ2) is 3.33. The van der Waals surface area contributed by atoms with E-state index in [1.165, 1.54) is 0 Å². The number of ether oxygens (including phenoxy) is 1. The lowest BCUT2D eigenvalue weighted by atomic mass is 10.1. The number of carboxylic acids is 1. The molecule has 0 saturated heterocycles. The Morgan fingerprint density at radius 1 is 1.64 bits per heavy atom. The van der Waals surface area contributed by atoms with Crippen LogP contribution in [-0.4, -0.2) is 17.2 Å². The van der Waals surface area contributed by atoms with Crippen LogP contribution in [0.4, 0.5) is 0 Å². The summed E-state index contributed by atoms with van der Waals surface area (Å²) in [6.07, 6.45) is 0.598. The maximum atomic E-state index is 10.5. The molecule has 1 aliphatic rings. The molecule has 0 spiro atoms. The number of benzene rings is 1. The molecule has 1 aromatic carbocycles. The molecule has 1 aliphatic heterocycles. The molecular formula is C11H12O3. The fraction of sp³-hybridized carbons (Fsp3) is 0.364. The Bertz CT molecular complexity index is 371. The van der Waals surface area contributed by atoms with E-state index in [9.17, 15) is 4.79 Å². The van der Waals surface area contributed by atoms with E-state index < -0.39 is 5.97 Å². The molecule has 0 saturated carbocycles. The van der Waals surface area contributed by atoms with E-state index in [0.717, 1.165) is 16.9 Å².